The van der Waals surface area contributed by atoms with Crippen molar-refractivity contribution in [3.05, 3.63) is 86.0 Å². The minimum atomic E-state index is -0.542. The average molecular weight is 456 g/mol. The van der Waals surface area contributed by atoms with Crippen LogP contribution in [-0.2, 0) is 11.2 Å². The number of nitro benzene ring substituents is 1. The first-order chi connectivity index (χ1) is 14.9. The molecule has 0 radical (unpaired) electrons. The number of aryl methyl sites for hydroxylation is 1. The first kappa shape index (κ1) is 21.0. The van der Waals surface area contributed by atoms with E-state index in [1.807, 2.05) is 24.3 Å². The van der Waals surface area contributed by atoms with Crippen molar-refractivity contribution in [1.29, 1.82) is 0 Å². The zero-order valence-corrected chi connectivity index (χ0v) is 18.0. The molecule has 0 unspecified atom stereocenters. The van der Waals surface area contributed by atoms with Gasteiger partial charge in [-0.25, -0.2) is 0 Å². The SMILES string of the molecule is CCc1ccc(N[C@H]2NC(=O)/C(=C\c3ccc(-c4ccc(Cl)c([N+](=O)[O-])c4)o3)S2)cc1. The molecule has 0 saturated carbocycles. The van der Waals surface area contributed by atoms with Gasteiger partial charge < -0.3 is 15.1 Å². The number of benzene rings is 2. The van der Waals surface area contributed by atoms with Crippen LogP contribution in [0.1, 0.15) is 18.2 Å². The number of thioether (sulfide) groups is 1. The summed E-state index contributed by atoms with van der Waals surface area (Å²) in [6.07, 6.45) is 2.62. The fourth-order valence-electron chi connectivity index (χ4n) is 3.07. The van der Waals surface area contributed by atoms with Gasteiger partial charge in [0.2, 0.25) is 0 Å². The Morgan fingerprint density at radius 1 is 1.23 bits per heavy atom. The first-order valence-corrected chi connectivity index (χ1v) is 10.8. The zero-order valence-electron chi connectivity index (χ0n) is 16.4. The molecule has 1 fully saturated rings. The van der Waals surface area contributed by atoms with E-state index in [0.29, 0.717) is 22.0 Å². The fourth-order valence-corrected chi connectivity index (χ4v) is 4.23. The second-order valence-corrected chi connectivity index (χ2v) is 8.35. The lowest BCUT2D eigenvalue weighted by molar-refractivity contribution is -0.384. The molecule has 1 amide bonds. The number of nitrogens with one attached hydrogen (secondary N) is 2. The monoisotopic (exact) mass is 455 g/mol. The van der Waals surface area contributed by atoms with Crippen molar-refractivity contribution in [3.63, 3.8) is 0 Å². The highest BCUT2D eigenvalue weighted by Gasteiger charge is 2.27. The number of hydrogen-bond donors (Lipinski definition) is 2. The van der Waals surface area contributed by atoms with E-state index in [-0.39, 0.29) is 22.1 Å². The second kappa shape index (κ2) is 8.87. The highest BCUT2D eigenvalue weighted by atomic mass is 35.5. The van der Waals surface area contributed by atoms with Crippen LogP contribution in [0.25, 0.3) is 17.4 Å². The Hall–Kier alpha value is -3.23. The van der Waals surface area contributed by atoms with Crippen LogP contribution in [0.2, 0.25) is 5.02 Å². The van der Waals surface area contributed by atoms with Crippen LogP contribution < -0.4 is 10.6 Å². The molecule has 2 heterocycles. The zero-order chi connectivity index (χ0) is 22.0. The molecular formula is C22H18ClN3O4S. The molecule has 1 aliphatic heterocycles. The van der Waals surface area contributed by atoms with Gasteiger partial charge in [0.15, 0.2) is 5.50 Å². The maximum atomic E-state index is 12.3. The summed E-state index contributed by atoms with van der Waals surface area (Å²) in [5.74, 6) is 0.715. The summed E-state index contributed by atoms with van der Waals surface area (Å²) in [7, 11) is 0. The number of rotatable bonds is 6. The molecule has 31 heavy (non-hydrogen) atoms. The molecule has 1 aliphatic rings. The van der Waals surface area contributed by atoms with Crippen LogP contribution in [0.5, 0.6) is 0 Å². The Morgan fingerprint density at radius 3 is 2.71 bits per heavy atom. The molecule has 0 spiro atoms. The number of amides is 1. The van der Waals surface area contributed by atoms with Crippen molar-refractivity contribution in [1.82, 2.24) is 5.32 Å². The smallest absolute Gasteiger partial charge is 0.288 e. The van der Waals surface area contributed by atoms with Gasteiger partial charge in [0.25, 0.3) is 11.6 Å². The number of carbonyl (C=O) groups excluding carboxylic acids is 1. The van der Waals surface area contributed by atoms with E-state index in [2.05, 4.69) is 17.6 Å². The van der Waals surface area contributed by atoms with Gasteiger partial charge in [0.05, 0.1) is 9.83 Å². The molecular weight excluding hydrogens is 438 g/mol. The summed E-state index contributed by atoms with van der Waals surface area (Å²) in [6, 6.07) is 15.9. The highest BCUT2D eigenvalue weighted by Crippen LogP contribution is 2.34. The van der Waals surface area contributed by atoms with Crippen LogP contribution in [0, 0.1) is 10.1 Å². The molecule has 4 rings (SSSR count). The summed E-state index contributed by atoms with van der Waals surface area (Å²) in [6.45, 7) is 2.10. The first-order valence-electron chi connectivity index (χ1n) is 9.52. The van der Waals surface area contributed by atoms with Gasteiger partial charge in [0, 0.05) is 23.4 Å². The van der Waals surface area contributed by atoms with Crippen LogP contribution in [0.15, 0.2) is 63.9 Å². The van der Waals surface area contributed by atoms with E-state index in [0.717, 1.165) is 12.1 Å². The molecule has 0 bridgehead atoms. The van der Waals surface area contributed by atoms with Crippen molar-refractivity contribution >= 4 is 46.7 Å². The molecule has 1 aromatic heterocycles. The highest BCUT2D eigenvalue weighted by molar-refractivity contribution is 8.05. The molecule has 9 heteroatoms. The van der Waals surface area contributed by atoms with Crippen molar-refractivity contribution < 1.29 is 14.1 Å². The van der Waals surface area contributed by atoms with Gasteiger partial charge >= 0.3 is 0 Å². The lowest BCUT2D eigenvalue weighted by Crippen LogP contribution is -2.30. The predicted octanol–water partition coefficient (Wildman–Crippen LogP) is 5.67. The molecule has 3 aromatic rings. The third kappa shape index (κ3) is 4.76. The summed E-state index contributed by atoms with van der Waals surface area (Å²) < 4.78 is 5.78. The molecule has 1 saturated heterocycles. The average Bonchev–Trinajstić information content (AvgIpc) is 3.35. The normalized spacial score (nSPS) is 17.0. The van der Waals surface area contributed by atoms with Gasteiger partial charge in [-0.1, -0.05) is 42.4 Å². The Balaban J connectivity index is 1.48. The van der Waals surface area contributed by atoms with Crippen molar-refractivity contribution in [3.8, 4) is 11.3 Å². The largest absolute Gasteiger partial charge is 0.457 e. The van der Waals surface area contributed by atoms with E-state index in [4.69, 9.17) is 16.0 Å². The number of hydrogen-bond acceptors (Lipinski definition) is 6. The van der Waals surface area contributed by atoms with Crippen LogP contribution >= 0.6 is 23.4 Å². The number of carbonyl (C=O) groups is 1. The van der Waals surface area contributed by atoms with Crippen LogP contribution in [0.3, 0.4) is 0 Å². The maximum Gasteiger partial charge on any atom is 0.288 e. The Kier molecular flexibility index (Phi) is 6.01. The van der Waals surface area contributed by atoms with Gasteiger partial charge in [-0.3, -0.25) is 14.9 Å². The summed E-state index contributed by atoms with van der Waals surface area (Å²) in [5.41, 5.74) is 2.20. The molecule has 2 N–H and O–H groups in total. The Labute approximate surface area is 187 Å². The summed E-state index contributed by atoms with van der Waals surface area (Å²) >= 11 is 7.22. The number of nitro groups is 1. The van der Waals surface area contributed by atoms with Gasteiger partial charge in [-0.2, -0.15) is 0 Å². The Morgan fingerprint density at radius 2 is 2.00 bits per heavy atom. The lowest BCUT2D eigenvalue weighted by Gasteiger charge is -2.12. The quantitative estimate of drug-likeness (QED) is 0.282. The van der Waals surface area contributed by atoms with Crippen molar-refractivity contribution in [2.75, 3.05) is 5.32 Å². The minimum Gasteiger partial charge on any atom is -0.457 e. The van der Waals surface area contributed by atoms with Crippen LogP contribution in [0.4, 0.5) is 11.4 Å². The predicted molar refractivity (Wildman–Crippen MR) is 123 cm³/mol. The van der Waals surface area contributed by atoms with Crippen molar-refractivity contribution in [2.24, 2.45) is 0 Å². The third-order valence-corrected chi connectivity index (χ3v) is 6.07. The van der Waals surface area contributed by atoms with E-state index in [1.54, 1.807) is 24.3 Å². The molecule has 158 valence electrons. The van der Waals surface area contributed by atoms with E-state index >= 15 is 0 Å². The van der Waals surface area contributed by atoms with Crippen LogP contribution in [-0.4, -0.2) is 16.3 Å². The number of furan rings is 1. The van der Waals surface area contributed by atoms with Gasteiger partial charge in [-0.15, -0.1) is 0 Å². The lowest BCUT2D eigenvalue weighted by atomic mass is 10.1. The molecule has 1 atom stereocenters. The molecule has 0 aliphatic carbocycles. The summed E-state index contributed by atoms with van der Waals surface area (Å²) in [5, 5.41) is 17.3. The summed E-state index contributed by atoms with van der Waals surface area (Å²) in [4.78, 5) is 23.4. The number of nitrogens with zero attached hydrogens (tertiary/aromatic N) is 1. The van der Waals surface area contributed by atoms with Gasteiger partial charge in [-0.05, 0) is 48.4 Å². The van der Waals surface area contributed by atoms with E-state index in [1.165, 1.54) is 29.5 Å². The minimum absolute atomic E-state index is 0.0598. The van der Waals surface area contributed by atoms with Crippen molar-refractivity contribution in [2.45, 2.75) is 18.8 Å². The third-order valence-electron chi connectivity index (χ3n) is 4.72. The van der Waals surface area contributed by atoms with Gasteiger partial charge in [0.1, 0.15) is 16.5 Å². The standard InChI is InChI=1S/C22H18ClN3O4S/c1-2-13-3-6-15(7-4-13)24-22-25-21(27)20(31-22)12-16-8-10-19(30-16)14-5-9-17(23)18(11-14)26(28)29/h3-12,22,24H,2H2,1H3,(H,25,27)/b20-12+/t22-/m0/s1. The molecule has 2 aromatic carbocycles. The topological polar surface area (TPSA) is 97.4 Å². The molecule has 7 nitrogen and oxygen atoms in total. The second-order valence-electron chi connectivity index (χ2n) is 6.80. The number of anilines is 1. The fraction of sp³-hybridized carbons (Fsp3) is 0.136. The number of halogens is 1. The van der Waals surface area contributed by atoms with E-state index < -0.39 is 4.92 Å². The Bertz CT molecular complexity index is 1170. The van der Waals surface area contributed by atoms with E-state index in [9.17, 15) is 14.9 Å². The maximum absolute atomic E-state index is 12.3.